The normalized spacial score (nSPS) is 26.2. The molecule has 2 unspecified atom stereocenters. The fourth-order valence-electron chi connectivity index (χ4n) is 6.72. The molecule has 3 aliphatic heterocycles. The summed E-state index contributed by atoms with van der Waals surface area (Å²) < 4.78 is 1.07. The van der Waals surface area contributed by atoms with Crippen molar-refractivity contribution in [1.82, 2.24) is 14.7 Å². The molecule has 36 heavy (non-hydrogen) atoms. The van der Waals surface area contributed by atoms with Crippen LogP contribution in [-0.2, 0) is 16.1 Å². The van der Waals surface area contributed by atoms with Crippen molar-refractivity contribution in [1.29, 1.82) is 0 Å². The van der Waals surface area contributed by atoms with Crippen LogP contribution in [0.25, 0.3) is 0 Å². The second-order valence-electron chi connectivity index (χ2n) is 11.5. The molecule has 2 aromatic rings. The highest BCUT2D eigenvalue weighted by molar-refractivity contribution is 9.10. The van der Waals surface area contributed by atoms with Crippen LogP contribution in [0.1, 0.15) is 49.1 Å². The van der Waals surface area contributed by atoms with Gasteiger partial charge in [0.1, 0.15) is 0 Å². The molecule has 4 aliphatic rings. The van der Waals surface area contributed by atoms with Crippen molar-refractivity contribution < 1.29 is 9.59 Å². The Kier molecular flexibility index (Phi) is 6.67. The van der Waals surface area contributed by atoms with E-state index in [0.717, 1.165) is 75.8 Å². The lowest BCUT2D eigenvalue weighted by Crippen LogP contribution is -2.46. The van der Waals surface area contributed by atoms with E-state index in [2.05, 4.69) is 85.2 Å². The summed E-state index contributed by atoms with van der Waals surface area (Å²) in [5, 5.41) is 0. The minimum Gasteiger partial charge on any atom is -0.341 e. The number of nitrogens with zero attached hydrogens (tertiary/aromatic N) is 3. The van der Waals surface area contributed by atoms with Crippen molar-refractivity contribution in [2.75, 3.05) is 39.3 Å². The van der Waals surface area contributed by atoms with E-state index in [1.165, 1.54) is 11.1 Å². The zero-order chi connectivity index (χ0) is 24.7. The molecule has 6 heteroatoms. The Hall–Kier alpha value is -2.18. The van der Waals surface area contributed by atoms with Gasteiger partial charge in [0, 0.05) is 49.0 Å². The summed E-state index contributed by atoms with van der Waals surface area (Å²) in [6, 6.07) is 19.1. The van der Waals surface area contributed by atoms with Crippen molar-refractivity contribution in [3.8, 4) is 0 Å². The molecule has 6 rings (SSSR count). The Balaban J connectivity index is 1.08. The predicted octanol–water partition coefficient (Wildman–Crippen LogP) is 4.92. The maximum absolute atomic E-state index is 13.5. The van der Waals surface area contributed by atoms with E-state index in [9.17, 15) is 9.59 Å². The average molecular weight is 551 g/mol. The molecule has 0 radical (unpaired) electrons. The van der Waals surface area contributed by atoms with Crippen LogP contribution in [0.4, 0.5) is 0 Å². The zero-order valence-corrected chi connectivity index (χ0v) is 22.5. The Morgan fingerprint density at radius 2 is 1.61 bits per heavy atom. The van der Waals surface area contributed by atoms with Crippen LogP contribution in [0, 0.1) is 17.3 Å². The first kappa shape index (κ1) is 24.2. The van der Waals surface area contributed by atoms with Gasteiger partial charge in [-0.15, -0.1) is 0 Å². The van der Waals surface area contributed by atoms with Gasteiger partial charge in [0.2, 0.25) is 11.8 Å². The summed E-state index contributed by atoms with van der Waals surface area (Å²) in [6.07, 6.45) is 5.02. The highest BCUT2D eigenvalue weighted by atomic mass is 79.9. The first-order valence-corrected chi connectivity index (χ1v) is 14.4. The van der Waals surface area contributed by atoms with E-state index in [0.29, 0.717) is 30.2 Å². The van der Waals surface area contributed by atoms with Gasteiger partial charge in [-0.1, -0.05) is 58.4 Å². The van der Waals surface area contributed by atoms with Gasteiger partial charge < -0.3 is 14.7 Å². The summed E-state index contributed by atoms with van der Waals surface area (Å²) >= 11 is 3.50. The standard InChI is InChI=1S/C30H36BrN3O2/c31-26-10-6-22(7-11-26)18-33-17-14-30(29(33)36)12-15-32(16-13-30)19-25-20-34(28(35)24-8-9-24)21-27(25)23-4-2-1-3-5-23/h1-7,10-11,24-25,27H,8-9,12-21H2. The highest BCUT2D eigenvalue weighted by Crippen LogP contribution is 2.43. The molecule has 2 aromatic carbocycles. The first-order chi connectivity index (χ1) is 17.5. The topological polar surface area (TPSA) is 43.9 Å². The highest BCUT2D eigenvalue weighted by Gasteiger charge is 2.49. The number of benzene rings is 2. The molecule has 0 bridgehead atoms. The SMILES string of the molecule is O=C(C1CC1)N1CC(CN2CCC3(CC2)CCN(Cc2ccc(Br)cc2)C3=O)C(c2ccccc2)C1. The summed E-state index contributed by atoms with van der Waals surface area (Å²) in [5.41, 5.74) is 2.38. The number of carbonyl (C=O) groups is 2. The molecule has 0 N–H and O–H groups in total. The number of amides is 2. The van der Waals surface area contributed by atoms with Crippen LogP contribution >= 0.6 is 15.9 Å². The molecular formula is C30H36BrN3O2. The molecular weight excluding hydrogens is 514 g/mol. The van der Waals surface area contributed by atoms with Gasteiger partial charge in [0.15, 0.2) is 0 Å². The van der Waals surface area contributed by atoms with Gasteiger partial charge in [-0.25, -0.2) is 0 Å². The number of carbonyl (C=O) groups excluding carboxylic acids is 2. The Morgan fingerprint density at radius 3 is 2.31 bits per heavy atom. The van der Waals surface area contributed by atoms with Crippen molar-refractivity contribution in [3.63, 3.8) is 0 Å². The molecule has 1 spiro atoms. The number of hydrogen-bond donors (Lipinski definition) is 0. The van der Waals surface area contributed by atoms with Crippen LogP contribution in [0.2, 0.25) is 0 Å². The molecule has 3 heterocycles. The van der Waals surface area contributed by atoms with E-state index in [-0.39, 0.29) is 11.3 Å². The van der Waals surface area contributed by atoms with Crippen molar-refractivity contribution in [3.05, 3.63) is 70.2 Å². The summed E-state index contributed by atoms with van der Waals surface area (Å²) in [5.74, 6) is 1.87. The van der Waals surface area contributed by atoms with E-state index >= 15 is 0 Å². The van der Waals surface area contributed by atoms with Gasteiger partial charge >= 0.3 is 0 Å². The van der Waals surface area contributed by atoms with Crippen LogP contribution < -0.4 is 0 Å². The molecule has 190 valence electrons. The molecule has 2 atom stereocenters. The molecule has 1 aliphatic carbocycles. The minimum absolute atomic E-state index is 0.172. The van der Waals surface area contributed by atoms with E-state index in [4.69, 9.17) is 0 Å². The fraction of sp³-hybridized carbons (Fsp3) is 0.533. The van der Waals surface area contributed by atoms with Gasteiger partial charge in [-0.05, 0) is 74.4 Å². The van der Waals surface area contributed by atoms with Crippen molar-refractivity contribution in [2.45, 2.75) is 44.6 Å². The lowest BCUT2D eigenvalue weighted by Gasteiger charge is -2.39. The molecule has 5 nitrogen and oxygen atoms in total. The van der Waals surface area contributed by atoms with Crippen molar-refractivity contribution in [2.24, 2.45) is 17.3 Å². The Bertz CT molecular complexity index is 1090. The number of rotatable bonds is 6. The maximum Gasteiger partial charge on any atom is 0.229 e. The van der Waals surface area contributed by atoms with Crippen LogP contribution in [-0.4, -0.2) is 65.8 Å². The quantitative estimate of drug-likeness (QED) is 0.513. The summed E-state index contributed by atoms with van der Waals surface area (Å²) in [6.45, 7) is 6.27. The van der Waals surface area contributed by atoms with Gasteiger partial charge in [-0.3, -0.25) is 9.59 Å². The lowest BCUT2D eigenvalue weighted by molar-refractivity contribution is -0.139. The third-order valence-corrected chi connectivity index (χ3v) is 9.63. The largest absolute Gasteiger partial charge is 0.341 e. The fourth-order valence-corrected chi connectivity index (χ4v) is 6.98. The smallest absolute Gasteiger partial charge is 0.229 e. The predicted molar refractivity (Wildman–Crippen MR) is 144 cm³/mol. The van der Waals surface area contributed by atoms with Gasteiger partial charge in [0.25, 0.3) is 0 Å². The summed E-state index contributed by atoms with van der Waals surface area (Å²) in [7, 11) is 0. The lowest BCUT2D eigenvalue weighted by atomic mass is 9.76. The van der Waals surface area contributed by atoms with E-state index in [1.54, 1.807) is 0 Å². The summed E-state index contributed by atoms with van der Waals surface area (Å²) in [4.78, 5) is 33.1. The second-order valence-corrected chi connectivity index (χ2v) is 12.4. The monoisotopic (exact) mass is 549 g/mol. The van der Waals surface area contributed by atoms with Gasteiger partial charge in [-0.2, -0.15) is 0 Å². The number of hydrogen-bond acceptors (Lipinski definition) is 3. The average Bonchev–Trinajstić information content (AvgIpc) is 3.61. The third kappa shape index (κ3) is 4.87. The van der Waals surface area contributed by atoms with Crippen LogP contribution in [0.5, 0.6) is 0 Å². The first-order valence-electron chi connectivity index (χ1n) is 13.6. The molecule has 3 saturated heterocycles. The minimum atomic E-state index is -0.172. The Labute approximate surface area is 223 Å². The molecule has 0 aromatic heterocycles. The van der Waals surface area contributed by atoms with E-state index < -0.39 is 0 Å². The number of halogens is 1. The number of likely N-dealkylation sites (tertiary alicyclic amines) is 3. The second kappa shape index (κ2) is 9.94. The van der Waals surface area contributed by atoms with Gasteiger partial charge in [0.05, 0.1) is 5.41 Å². The molecule has 1 saturated carbocycles. The Morgan fingerprint density at radius 1 is 0.917 bits per heavy atom. The number of piperidine rings is 1. The van der Waals surface area contributed by atoms with Crippen LogP contribution in [0.3, 0.4) is 0 Å². The maximum atomic E-state index is 13.5. The molecule has 4 fully saturated rings. The van der Waals surface area contributed by atoms with Crippen LogP contribution in [0.15, 0.2) is 59.1 Å². The van der Waals surface area contributed by atoms with E-state index in [1.807, 2.05) is 0 Å². The van der Waals surface area contributed by atoms with Crippen molar-refractivity contribution >= 4 is 27.7 Å². The zero-order valence-electron chi connectivity index (χ0n) is 20.9. The molecule has 2 amide bonds. The third-order valence-electron chi connectivity index (χ3n) is 9.10.